The van der Waals surface area contributed by atoms with Gasteiger partial charge in [-0.2, -0.15) is 0 Å². The van der Waals surface area contributed by atoms with Gasteiger partial charge in [0.2, 0.25) is 0 Å². The molecule has 0 unspecified atom stereocenters. The van der Waals surface area contributed by atoms with Crippen LogP contribution in [0.15, 0.2) is 42.5 Å². The summed E-state index contributed by atoms with van der Waals surface area (Å²) in [6.07, 6.45) is 12.0. The molecular weight excluding hydrogens is 478 g/mol. The van der Waals surface area contributed by atoms with Crippen LogP contribution >= 0.6 is 0 Å². The third kappa shape index (κ3) is 6.00. The van der Waals surface area contributed by atoms with Gasteiger partial charge in [0.25, 0.3) is 5.91 Å². The van der Waals surface area contributed by atoms with Crippen molar-refractivity contribution < 1.29 is 14.7 Å². The van der Waals surface area contributed by atoms with E-state index < -0.39 is 5.54 Å². The molecule has 1 saturated heterocycles. The number of aromatic nitrogens is 3. The van der Waals surface area contributed by atoms with E-state index in [1.807, 2.05) is 24.3 Å². The Kier molecular flexibility index (Phi) is 9.02. The number of hydrogen-bond donors (Lipinski definition) is 1. The van der Waals surface area contributed by atoms with Crippen molar-refractivity contribution in [3.05, 3.63) is 48.0 Å². The second-order valence-corrected chi connectivity index (χ2v) is 10.8. The molecule has 38 heavy (non-hydrogen) atoms. The van der Waals surface area contributed by atoms with Gasteiger partial charge in [0, 0.05) is 12.1 Å². The lowest BCUT2D eigenvalue weighted by Gasteiger charge is -2.28. The molecule has 0 spiro atoms. The van der Waals surface area contributed by atoms with E-state index in [2.05, 4.69) is 17.1 Å². The van der Waals surface area contributed by atoms with Gasteiger partial charge < -0.3 is 10.0 Å². The van der Waals surface area contributed by atoms with Crippen LogP contribution < -0.4 is 0 Å². The van der Waals surface area contributed by atoms with Crippen molar-refractivity contribution in [2.75, 3.05) is 6.54 Å². The highest BCUT2D eigenvalue weighted by molar-refractivity contribution is 6.06. The molecule has 8 nitrogen and oxygen atoms in total. The largest absolute Gasteiger partial charge is 0.505 e. The van der Waals surface area contributed by atoms with Crippen LogP contribution in [0, 0.1) is 0 Å². The summed E-state index contributed by atoms with van der Waals surface area (Å²) in [5, 5.41) is 20.0. The molecule has 1 aliphatic rings. The van der Waals surface area contributed by atoms with Gasteiger partial charge >= 0.3 is 6.03 Å². The number of urea groups is 1. The quantitative estimate of drug-likeness (QED) is 0.192. The fourth-order valence-electron chi connectivity index (χ4n) is 5.14. The molecule has 1 N–H and O–H groups in total. The monoisotopic (exact) mass is 519 g/mol. The molecule has 0 saturated carbocycles. The Morgan fingerprint density at radius 2 is 1.37 bits per heavy atom. The zero-order valence-corrected chi connectivity index (χ0v) is 23.0. The van der Waals surface area contributed by atoms with E-state index in [1.165, 1.54) is 54.6 Å². The van der Waals surface area contributed by atoms with Crippen molar-refractivity contribution in [2.24, 2.45) is 0 Å². The number of unbranched alkanes of at least 4 members (excludes halogenated alkanes) is 9. The van der Waals surface area contributed by atoms with Crippen molar-refractivity contribution in [3.8, 4) is 11.4 Å². The minimum Gasteiger partial charge on any atom is -0.505 e. The Labute approximate surface area is 225 Å². The number of hydrogen-bond acceptors (Lipinski definition) is 5. The molecule has 0 radical (unpaired) electrons. The Bertz CT molecular complexity index is 1220. The zero-order chi connectivity index (χ0) is 27.1. The summed E-state index contributed by atoms with van der Waals surface area (Å²) in [5.41, 5.74) is 1.43. The van der Waals surface area contributed by atoms with Gasteiger partial charge in [-0.25, -0.2) is 4.79 Å². The summed E-state index contributed by atoms with van der Waals surface area (Å²) >= 11 is 0. The van der Waals surface area contributed by atoms with Crippen LogP contribution in [0.25, 0.3) is 16.7 Å². The topological polar surface area (TPSA) is 91.6 Å². The standard InChI is InChI=1S/C30H41N5O3/c1-4-5-6-7-8-9-10-11-12-15-21-33-28(37)30(2,3)34(29(33)38)22-23-17-16-20-26(27(23)36)35-31-24-18-13-14-19-25(24)32-35/h13-14,16-20,36H,4-12,15,21-22H2,1-3H3. The van der Waals surface area contributed by atoms with E-state index in [0.717, 1.165) is 30.3 Å². The van der Waals surface area contributed by atoms with Crippen molar-refractivity contribution in [3.63, 3.8) is 0 Å². The zero-order valence-electron chi connectivity index (χ0n) is 23.0. The molecule has 1 fully saturated rings. The van der Waals surface area contributed by atoms with Crippen LogP contribution in [0.4, 0.5) is 4.79 Å². The van der Waals surface area contributed by atoms with Crippen LogP contribution in [0.3, 0.4) is 0 Å². The molecular formula is C30H41N5O3. The normalized spacial score (nSPS) is 15.2. The molecule has 0 aliphatic carbocycles. The first-order chi connectivity index (χ1) is 18.3. The number of nitrogens with zero attached hydrogens (tertiary/aromatic N) is 5. The number of carbonyl (C=O) groups is 2. The Balaban J connectivity index is 1.35. The van der Waals surface area contributed by atoms with E-state index in [0.29, 0.717) is 17.8 Å². The van der Waals surface area contributed by atoms with Gasteiger partial charge in [0.1, 0.15) is 28.0 Å². The number of para-hydroxylation sites is 1. The second-order valence-electron chi connectivity index (χ2n) is 10.8. The predicted octanol–water partition coefficient (Wildman–Crippen LogP) is 6.59. The number of aromatic hydroxyl groups is 1. The van der Waals surface area contributed by atoms with Crippen LogP contribution in [0.5, 0.6) is 5.75 Å². The fourth-order valence-corrected chi connectivity index (χ4v) is 5.14. The first kappa shape index (κ1) is 27.6. The number of amides is 3. The molecule has 3 aromatic rings. The van der Waals surface area contributed by atoms with Crippen molar-refractivity contribution in [1.82, 2.24) is 24.8 Å². The lowest BCUT2D eigenvalue weighted by molar-refractivity contribution is -0.132. The summed E-state index contributed by atoms with van der Waals surface area (Å²) in [6.45, 7) is 6.33. The highest BCUT2D eigenvalue weighted by atomic mass is 16.3. The maximum Gasteiger partial charge on any atom is 0.327 e. The molecule has 2 heterocycles. The van der Waals surface area contributed by atoms with Crippen LogP contribution in [0.2, 0.25) is 0 Å². The maximum absolute atomic E-state index is 13.3. The van der Waals surface area contributed by atoms with Gasteiger partial charge in [-0.3, -0.25) is 9.69 Å². The average molecular weight is 520 g/mol. The summed E-state index contributed by atoms with van der Waals surface area (Å²) in [7, 11) is 0. The number of carbonyl (C=O) groups excluding carboxylic acids is 2. The van der Waals surface area contributed by atoms with Crippen LogP contribution in [-0.4, -0.2) is 53.9 Å². The van der Waals surface area contributed by atoms with Crippen LogP contribution in [0.1, 0.15) is 90.5 Å². The van der Waals surface area contributed by atoms with E-state index in [-0.39, 0.29) is 24.2 Å². The van der Waals surface area contributed by atoms with Gasteiger partial charge in [-0.05, 0) is 38.5 Å². The lowest BCUT2D eigenvalue weighted by Crippen LogP contribution is -2.43. The maximum atomic E-state index is 13.3. The molecule has 0 bridgehead atoms. The first-order valence-electron chi connectivity index (χ1n) is 14.1. The number of phenols is 1. The molecule has 204 valence electrons. The highest BCUT2D eigenvalue weighted by Crippen LogP contribution is 2.33. The second kappa shape index (κ2) is 12.4. The third-order valence-electron chi connectivity index (χ3n) is 7.57. The SMILES string of the molecule is CCCCCCCCCCCCN1C(=O)N(Cc2cccc(-n3nc4ccccc4n3)c2O)C(C)(C)C1=O. The fraction of sp³-hybridized carbons (Fsp3) is 0.533. The molecule has 1 aliphatic heterocycles. The van der Waals surface area contributed by atoms with Crippen molar-refractivity contribution >= 4 is 23.0 Å². The smallest absolute Gasteiger partial charge is 0.327 e. The molecule has 8 heteroatoms. The Morgan fingerprint density at radius 1 is 0.789 bits per heavy atom. The Hall–Kier alpha value is -3.42. The first-order valence-corrected chi connectivity index (χ1v) is 14.1. The number of rotatable bonds is 14. The molecule has 0 atom stereocenters. The number of benzene rings is 2. The van der Waals surface area contributed by atoms with Gasteiger partial charge in [-0.1, -0.05) is 89.0 Å². The van der Waals surface area contributed by atoms with E-state index in [9.17, 15) is 14.7 Å². The van der Waals surface area contributed by atoms with E-state index in [4.69, 9.17) is 0 Å². The summed E-state index contributed by atoms with van der Waals surface area (Å²) in [6, 6.07) is 12.5. The van der Waals surface area contributed by atoms with Crippen molar-refractivity contribution in [2.45, 2.75) is 97.1 Å². The van der Waals surface area contributed by atoms with Gasteiger partial charge in [0.05, 0.1) is 6.54 Å². The summed E-state index contributed by atoms with van der Waals surface area (Å²) < 4.78 is 0. The third-order valence-corrected chi connectivity index (χ3v) is 7.57. The van der Waals surface area contributed by atoms with Crippen molar-refractivity contribution in [1.29, 1.82) is 0 Å². The van der Waals surface area contributed by atoms with Gasteiger partial charge in [-0.15, -0.1) is 15.0 Å². The molecule has 1 aromatic heterocycles. The number of imide groups is 1. The van der Waals surface area contributed by atoms with E-state index in [1.54, 1.807) is 36.9 Å². The minimum atomic E-state index is -0.989. The summed E-state index contributed by atoms with van der Waals surface area (Å²) in [5.74, 6) is -0.189. The highest BCUT2D eigenvalue weighted by Gasteiger charge is 2.50. The predicted molar refractivity (Wildman–Crippen MR) is 149 cm³/mol. The van der Waals surface area contributed by atoms with E-state index >= 15 is 0 Å². The molecule has 2 aromatic carbocycles. The number of fused-ring (bicyclic) bond motifs is 1. The summed E-state index contributed by atoms with van der Waals surface area (Å²) in [4.78, 5) is 30.9. The number of phenolic OH excluding ortho intramolecular Hbond substituents is 1. The average Bonchev–Trinajstić information content (AvgIpc) is 3.40. The minimum absolute atomic E-state index is 0.00278. The molecule has 3 amide bonds. The Morgan fingerprint density at radius 3 is 1.97 bits per heavy atom. The van der Waals surface area contributed by atoms with Gasteiger partial charge in [0.15, 0.2) is 0 Å². The van der Waals surface area contributed by atoms with Crippen LogP contribution in [-0.2, 0) is 11.3 Å². The lowest BCUT2D eigenvalue weighted by atomic mass is 10.0. The molecule has 4 rings (SSSR count).